The number of rotatable bonds is 7. The highest BCUT2D eigenvalue weighted by Crippen LogP contribution is 2.40. The molecule has 4 aromatic rings. The number of carbonyl (C=O) groups excluding carboxylic acids is 3. The molecule has 10 heteroatoms. The largest absolute Gasteiger partial charge is 0.461 e. The second-order valence-corrected chi connectivity index (χ2v) is 10.2. The van der Waals surface area contributed by atoms with Gasteiger partial charge in [0.1, 0.15) is 5.82 Å². The topological polar surface area (TPSA) is 123 Å². The summed E-state index contributed by atoms with van der Waals surface area (Å²) in [6.07, 6.45) is 1.67. The first-order chi connectivity index (χ1) is 20.4. The first kappa shape index (κ1) is 26.9. The van der Waals surface area contributed by atoms with Crippen molar-refractivity contribution in [1.82, 2.24) is 19.4 Å². The summed E-state index contributed by atoms with van der Waals surface area (Å²) in [6, 6.07) is 26.0. The number of aliphatic imine (C=N–C) groups is 1. The van der Waals surface area contributed by atoms with Gasteiger partial charge in [0.05, 0.1) is 19.7 Å². The Bertz CT molecular complexity index is 1640. The summed E-state index contributed by atoms with van der Waals surface area (Å²) in [6.45, 7) is 3.42. The minimum absolute atomic E-state index is 0.115. The van der Waals surface area contributed by atoms with Crippen molar-refractivity contribution in [3.05, 3.63) is 125 Å². The summed E-state index contributed by atoms with van der Waals surface area (Å²) in [7, 11) is 0. The van der Waals surface area contributed by atoms with Gasteiger partial charge >= 0.3 is 5.97 Å². The molecule has 6 rings (SSSR count). The molecule has 0 saturated carbocycles. The summed E-state index contributed by atoms with van der Waals surface area (Å²) < 4.78 is 6.93. The number of guanidine groups is 1. The SMILES string of the molecule is CCOC(=O)c1cn2c(n1)CN(C(=O)c1cccc(CN3C(=O)C(c4ccccc4)(c4ccccc4)N=C3N)c1)CC2. The first-order valence-corrected chi connectivity index (χ1v) is 13.8. The maximum atomic E-state index is 14.1. The van der Waals surface area contributed by atoms with Crippen molar-refractivity contribution in [2.75, 3.05) is 13.2 Å². The maximum absolute atomic E-state index is 14.1. The Hall–Kier alpha value is -5.25. The van der Waals surface area contributed by atoms with Crippen molar-refractivity contribution >= 4 is 23.7 Å². The molecule has 0 fully saturated rings. The number of ether oxygens (including phenoxy) is 1. The molecule has 10 nitrogen and oxygen atoms in total. The lowest BCUT2D eigenvalue weighted by Gasteiger charge is -2.28. The molecule has 0 unspecified atom stereocenters. The van der Waals surface area contributed by atoms with E-state index in [0.29, 0.717) is 24.5 Å². The van der Waals surface area contributed by atoms with E-state index in [0.717, 1.165) is 16.7 Å². The third kappa shape index (κ3) is 4.70. The third-order valence-corrected chi connectivity index (χ3v) is 7.59. The van der Waals surface area contributed by atoms with Gasteiger partial charge in [-0.3, -0.25) is 14.5 Å². The van der Waals surface area contributed by atoms with Gasteiger partial charge in [0.2, 0.25) is 0 Å². The van der Waals surface area contributed by atoms with Crippen LogP contribution in [0, 0.1) is 0 Å². The Balaban J connectivity index is 1.23. The number of benzene rings is 3. The van der Waals surface area contributed by atoms with Gasteiger partial charge in [0.25, 0.3) is 11.8 Å². The zero-order valence-electron chi connectivity index (χ0n) is 23.1. The average Bonchev–Trinajstić information content (AvgIpc) is 3.57. The first-order valence-electron chi connectivity index (χ1n) is 13.8. The molecule has 2 aliphatic rings. The normalized spacial score (nSPS) is 15.7. The molecule has 0 spiro atoms. The summed E-state index contributed by atoms with van der Waals surface area (Å²) in [5, 5.41) is 0. The highest BCUT2D eigenvalue weighted by Gasteiger charge is 2.50. The molecule has 212 valence electrons. The number of esters is 1. The number of nitrogens with zero attached hydrogens (tertiary/aromatic N) is 5. The smallest absolute Gasteiger partial charge is 0.358 e. The van der Waals surface area contributed by atoms with Gasteiger partial charge in [0, 0.05) is 24.8 Å². The standard InChI is InChI=1S/C32H30N6O4/c1-2-42-29(40)26-20-36-16-17-37(21-27(36)34-26)28(39)23-11-9-10-22(18-23)19-38-30(41)32(35-31(38)33,24-12-5-3-6-13-24)25-14-7-4-8-15-25/h3-15,18,20H,2,16-17,19,21H2,1H3,(H2,33,35). The maximum Gasteiger partial charge on any atom is 0.358 e. The Morgan fingerprint density at radius 1 is 0.952 bits per heavy atom. The molecule has 2 N–H and O–H groups in total. The lowest BCUT2D eigenvalue weighted by atomic mass is 9.83. The molecule has 2 aliphatic heterocycles. The molecule has 2 amide bonds. The van der Waals surface area contributed by atoms with Crippen LogP contribution < -0.4 is 5.73 Å². The van der Waals surface area contributed by atoms with E-state index >= 15 is 0 Å². The minimum Gasteiger partial charge on any atom is -0.461 e. The van der Waals surface area contributed by atoms with Gasteiger partial charge in [-0.05, 0) is 35.7 Å². The van der Waals surface area contributed by atoms with E-state index < -0.39 is 11.5 Å². The van der Waals surface area contributed by atoms with Crippen molar-refractivity contribution in [2.24, 2.45) is 10.7 Å². The van der Waals surface area contributed by atoms with E-state index in [2.05, 4.69) is 4.98 Å². The fraction of sp³-hybridized carbons (Fsp3) is 0.219. The van der Waals surface area contributed by atoms with Crippen LogP contribution in [0.15, 0.2) is 96.1 Å². The quantitative estimate of drug-likeness (QED) is 0.345. The van der Waals surface area contributed by atoms with E-state index in [-0.39, 0.29) is 43.2 Å². The molecular weight excluding hydrogens is 532 g/mol. The van der Waals surface area contributed by atoms with E-state index in [1.165, 1.54) is 4.90 Å². The van der Waals surface area contributed by atoms with Gasteiger partial charge in [-0.1, -0.05) is 72.8 Å². The summed E-state index contributed by atoms with van der Waals surface area (Å²) in [4.78, 5) is 52.0. The van der Waals surface area contributed by atoms with Gasteiger partial charge < -0.3 is 19.9 Å². The molecule has 0 atom stereocenters. The van der Waals surface area contributed by atoms with Crippen molar-refractivity contribution in [3.63, 3.8) is 0 Å². The predicted octanol–water partition coefficient (Wildman–Crippen LogP) is 3.32. The van der Waals surface area contributed by atoms with Crippen molar-refractivity contribution in [2.45, 2.75) is 32.1 Å². The van der Waals surface area contributed by atoms with Crippen LogP contribution in [0.3, 0.4) is 0 Å². The van der Waals surface area contributed by atoms with Gasteiger partial charge in [-0.15, -0.1) is 0 Å². The molecule has 0 radical (unpaired) electrons. The Morgan fingerprint density at radius 2 is 1.64 bits per heavy atom. The zero-order valence-corrected chi connectivity index (χ0v) is 23.1. The van der Waals surface area contributed by atoms with Crippen molar-refractivity contribution in [1.29, 1.82) is 0 Å². The molecule has 0 saturated heterocycles. The second kappa shape index (κ2) is 11.0. The average molecular weight is 563 g/mol. The highest BCUT2D eigenvalue weighted by molar-refractivity contribution is 6.09. The van der Waals surface area contributed by atoms with Crippen LogP contribution in [0.2, 0.25) is 0 Å². The van der Waals surface area contributed by atoms with E-state index in [9.17, 15) is 14.4 Å². The lowest BCUT2D eigenvalue weighted by molar-refractivity contribution is -0.130. The summed E-state index contributed by atoms with van der Waals surface area (Å²) in [5.41, 5.74) is 8.03. The number of hydrogen-bond donors (Lipinski definition) is 1. The predicted molar refractivity (Wildman–Crippen MR) is 155 cm³/mol. The molecule has 0 aliphatic carbocycles. The van der Waals surface area contributed by atoms with Crippen molar-refractivity contribution < 1.29 is 19.1 Å². The van der Waals surface area contributed by atoms with E-state index in [4.69, 9.17) is 15.5 Å². The zero-order chi connectivity index (χ0) is 29.3. The number of amides is 2. The third-order valence-electron chi connectivity index (χ3n) is 7.59. The highest BCUT2D eigenvalue weighted by atomic mass is 16.5. The van der Waals surface area contributed by atoms with Crippen LogP contribution in [0.25, 0.3) is 0 Å². The minimum atomic E-state index is -1.29. The number of hydrogen-bond acceptors (Lipinski definition) is 7. The molecule has 1 aromatic heterocycles. The van der Waals surface area contributed by atoms with E-state index in [1.54, 1.807) is 36.2 Å². The summed E-state index contributed by atoms with van der Waals surface area (Å²) >= 11 is 0. The number of nitrogens with two attached hydrogens (primary N) is 1. The number of imidazole rings is 1. The molecule has 3 heterocycles. The van der Waals surface area contributed by atoms with Crippen LogP contribution in [0.5, 0.6) is 0 Å². The van der Waals surface area contributed by atoms with Crippen LogP contribution >= 0.6 is 0 Å². The Morgan fingerprint density at radius 3 is 2.31 bits per heavy atom. The van der Waals surface area contributed by atoms with Crippen LogP contribution in [-0.2, 0) is 34.7 Å². The Labute approximate surface area is 243 Å². The fourth-order valence-electron chi connectivity index (χ4n) is 5.53. The van der Waals surface area contributed by atoms with Crippen LogP contribution in [0.4, 0.5) is 0 Å². The number of fused-ring (bicyclic) bond motifs is 1. The van der Waals surface area contributed by atoms with Crippen LogP contribution in [0.1, 0.15) is 50.3 Å². The van der Waals surface area contributed by atoms with Gasteiger partial charge in [-0.25, -0.2) is 14.8 Å². The molecule has 42 heavy (non-hydrogen) atoms. The second-order valence-electron chi connectivity index (χ2n) is 10.2. The lowest BCUT2D eigenvalue weighted by Crippen LogP contribution is -2.43. The van der Waals surface area contributed by atoms with Crippen molar-refractivity contribution in [3.8, 4) is 0 Å². The monoisotopic (exact) mass is 562 g/mol. The molecule has 0 bridgehead atoms. The number of aromatic nitrogens is 2. The van der Waals surface area contributed by atoms with Gasteiger partial charge in [-0.2, -0.15) is 0 Å². The van der Waals surface area contributed by atoms with Crippen LogP contribution in [-0.4, -0.2) is 56.2 Å². The molecule has 3 aromatic carbocycles. The molecular formula is C32H30N6O4. The Kier molecular flexibility index (Phi) is 7.03. The number of carbonyl (C=O) groups is 3. The van der Waals surface area contributed by atoms with E-state index in [1.807, 2.05) is 71.3 Å². The van der Waals surface area contributed by atoms with Gasteiger partial charge in [0.15, 0.2) is 17.2 Å². The fourth-order valence-corrected chi connectivity index (χ4v) is 5.53. The summed E-state index contributed by atoms with van der Waals surface area (Å²) in [5.74, 6) is -0.161.